The molecular formula is C22H35N5O2. The molecule has 1 aliphatic carbocycles. The van der Waals surface area contributed by atoms with Crippen molar-refractivity contribution >= 4 is 17.8 Å². The third-order valence-corrected chi connectivity index (χ3v) is 5.84. The highest BCUT2D eigenvalue weighted by atomic mass is 16.2. The van der Waals surface area contributed by atoms with Gasteiger partial charge in [0.05, 0.1) is 0 Å². The minimum absolute atomic E-state index is 0.00141. The summed E-state index contributed by atoms with van der Waals surface area (Å²) in [7, 11) is 0. The van der Waals surface area contributed by atoms with Crippen LogP contribution in [-0.4, -0.2) is 48.1 Å². The lowest BCUT2D eigenvalue weighted by atomic mass is 9.85. The zero-order valence-electron chi connectivity index (χ0n) is 17.9. The number of carbonyl (C=O) groups excluding carboxylic acids is 2. The summed E-state index contributed by atoms with van der Waals surface area (Å²) in [5.41, 5.74) is 1.02. The van der Waals surface area contributed by atoms with Gasteiger partial charge in [0.1, 0.15) is 5.82 Å². The molecule has 1 aromatic heterocycles. The summed E-state index contributed by atoms with van der Waals surface area (Å²) in [6.07, 6.45) is 5.37. The molecule has 1 aliphatic heterocycles. The van der Waals surface area contributed by atoms with Gasteiger partial charge in [-0.05, 0) is 65.0 Å². The van der Waals surface area contributed by atoms with Gasteiger partial charge in [-0.3, -0.25) is 4.79 Å². The van der Waals surface area contributed by atoms with Crippen molar-refractivity contribution in [2.24, 2.45) is 5.92 Å². The third kappa shape index (κ3) is 6.34. The van der Waals surface area contributed by atoms with Gasteiger partial charge in [0.25, 0.3) is 0 Å². The van der Waals surface area contributed by atoms with Crippen LogP contribution in [0.2, 0.25) is 0 Å². The highest BCUT2D eigenvalue weighted by Gasteiger charge is 2.29. The van der Waals surface area contributed by atoms with Crippen LogP contribution in [-0.2, 0) is 4.79 Å². The number of nitrogens with zero attached hydrogens (tertiary/aromatic N) is 2. The number of aryl methyl sites for hydroxylation is 1. The van der Waals surface area contributed by atoms with Crippen molar-refractivity contribution in [3.8, 4) is 0 Å². The Balaban J connectivity index is 1.41. The maximum Gasteiger partial charge on any atom is 0.315 e. The molecular weight excluding hydrogens is 366 g/mol. The number of pyridine rings is 1. The van der Waals surface area contributed by atoms with Crippen LogP contribution in [0, 0.1) is 12.8 Å². The first-order valence-electron chi connectivity index (χ1n) is 11.0. The summed E-state index contributed by atoms with van der Waals surface area (Å²) < 4.78 is 0. The molecule has 29 heavy (non-hydrogen) atoms. The van der Waals surface area contributed by atoms with E-state index in [4.69, 9.17) is 0 Å². The lowest BCUT2D eigenvalue weighted by molar-refractivity contribution is -0.126. The molecule has 2 unspecified atom stereocenters. The first kappa shape index (κ1) is 21.4. The Hall–Kier alpha value is -2.31. The van der Waals surface area contributed by atoms with Crippen LogP contribution in [0.5, 0.6) is 0 Å². The topological polar surface area (TPSA) is 86.4 Å². The van der Waals surface area contributed by atoms with Gasteiger partial charge in [-0.15, -0.1) is 0 Å². The predicted octanol–water partition coefficient (Wildman–Crippen LogP) is 2.74. The Labute approximate surface area is 174 Å². The summed E-state index contributed by atoms with van der Waals surface area (Å²) in [5.74, 6) is 1.13. The van der Waals surface area contributed by atoms with Gasteiger partial charge in [0.15, 0.2) is 0 Å². The van der Waals surface area contributed by atoms with Crippen molar-refractivity contribution < 1.29 is 9.59 Å². The van der Waals surface area contributed by atoms with Gasteiger partial charge in [-0.2, -0.15) is 0 Å². The monoisotopic (exact) mass is 401 g/mol. The average molecular weight is 402 g/mol. The number of hydrogen-bond acceptors (Lipinski definition) is 4. The highest BCUT2D eigenvalue weighted by molar-refractivity contribution is 5.79. The summed E-state index contributed by atoms with van der Waals surface area (Å²) in [5, 5.41) is 9.22. The molecule has 1 aromatic rings. The van der Waals surface area contributed by atoms with Gasteiger partial charge >= 0.3 is 6.03 Å². The van der Waals surface area contributed by atoms with Crippen molar-refractivity contribution in [1.82, 2.24) is 20.9 Å². The summed E-state index contributed by atoms with van der Waals surface area (Å²) in [6, 6.07) is 6.39. The number of aromatic nitrogens is 1. The van der Waals surface area contributed by atoms with E-state index in [1.807, 2.05) is 39.0 Å². The van der Waals surface area contributed by atoms with Crippen LogP contribution in [0.1, 0.15) is 58.1 Å². The van der Waals surface area contributed by atoms with E-state index in [-0.39, 0.29) is 36.0 Å². The molecule has 2 atom stereocenters. The number of rotatable bonds is 5. The van der Waals surface area contributed by atoms with Crippen LogP contribution in [0.15, 0.2) is 18.2 Å². The second kappa shape index (κ2) is 9.94. The second-order valence-corrected chi connectivity index (χ2v) is 8.74. The molecule has 0 aromatic carbocycles. The minimum atomic E-state index is -0.105. The molecule has 1 saturated carbocycles. The van der Waals surface area contributed by atoms with Gasteiger partial charge in [0.2, 0.25) is 5.91 Å². The first-order chi connectivity index (χ1) is 13.9. The molecule has 3 rings (SSSR count). The fourth-order valence-corrected chi connectivity index (χ4v) is 4.33. The second-order valence-electron chi connectivity index (χ2n) is 8.74. The largest absolute Gasteiger partial charge is 0.356 e. The fourth-order valence-electron chi connectivity index (χ4n) is 4.33. The Morgan fingerprint density at radius 1 is 1.07 bits per heavy atom. The van der Waals surface area contributed by atoms with Crippen molar-refractivity contribution in [2.75, 3.05) is 18.0 Å². The van der Waals surface area contributed by atoms with Gasteiger partial charge in [0, 0.05) is 42.8 Å². The van der Waals surface area contributed by atoms with E-state index in [2.05, 4.69) is 25.8 Å². The number of nitrogens with one attached hydrogen (secondary N) is 3. The molecule has 3 amide bonds. The number of hydrogen-bond donors (Lipinski definition) is 3. The molecule has 1 saturated heterocycles. The number of carbonyl (C=O) groups is 2. The van der Waals surface area contributed by atoms with Crippen molar-refractivity contribution in [3.05, 3.63) is 23.9 Å². The Kier molecular flexibility index (Phi) is 7.34. The van der Waals surface area contributed by atoms with Crippen LogP contribution in [0.3, 0.4) is 0 Å². The number of amides is 3. The Morgan fingerprint density at radius 3 is 2.48 bits per heavy atom. The number of piperidine rings is 1. The fraction of sp³-hybridized carbons (Fsp3) is 0.682. The molecule has 160 valence electrons. The van der Waals surface area contributed by atoms with Crippen LogP contribution < -0.4 is 20.9 Å². The normalized spacial score (nSPS) is 23.0. The molecule has 2 fully saturated rings. The quantitative estimate of drug-likeness (QED) is 0.708. The molecule has 0 radical (unpaired) electrons. The molecule has 7 heteroatoms. The van der Waals surface area contributed by atoms with Crippen LogP contribution >= 0.6 is 0 Å². The summed E-state index contributed by atoms with van der Waals surface area (Å²) in [6.45, 7) is 7.74. The van der Waals surface area contributed by atoms with Gasteiger partial charge in [-0.25, -0.2) is 9.78 Å². The molecule has 2 aliphatic rings. The van der Waals surface area contributed by atoms with Crippen molar-refractivity contribution in [2.45, 2.75) is 77.4 Å². The van der Waals surface area contributed by atoms with E-state index in [1.54, 1.807) is 0 Å². The van der Waals surface area contributed by atoms with Crippen molar-refractivity contribution in [3.63, 3.8) is 0 Å². The van der Waals surface area contributed by atoms with E-state index >= 15 is 0 Å². The molecule has 0 spiro atoms. The number of anilines is 1. The van der Waals surface area contributed by atoms with Crippen LogP contribution in [0.25, 0.3) is 0 Å². The standard InChI is InChI=1S/C22H35N5O2/c1-15(2)23-21(28)17-7-5-8-19(14-17)26-22(29)25-18-10-12-27(13-11-18)20-9-4-6-16(3)24-20/h4,6,9,15,17-19H,5,7-8,10-14H2,1-3H3,(H,23,28)(H2,25,26,29). The van der Waals surface area contributed by atoms with Gasteiger partial charge in [-0.1, -0.05) is 12.5 Å². The SMILES string of the molecule is Cc1cccc(N2CCC(NC(=O)NC3CCCC(C(=O)NC(C)C)C3)CC2)n1. The molecule has 7 nitrogen and oxygen atoms in total. The predicted molar refractivity (Wildman–Crippen MR) is 115 cm³/mol. The van der Waals surface area contributed by atoms with E-state index in [0.717, 1.165) is 63.1 Å². The average Bonchev–Trinajstić information content (AvgIpc) is 2.68. The zero-order valence-corrected chi connectivity index (χ0v) is 17.9. The van der Waals surface area contributed by atoms with Crippen LogP contribution in [0.4, 0.5) is 10.6 Å². The lowest BCUT2D eigenvalue weighted by Crippen LogP contribution is -2.51. The lowest BCUT2D eigenvalue weighted by Gasteiger charge is -2.34. The smallest absolute Gasteiger partial charge is 0.315 e. The molecule has 2 heterocycles. The Bertz CT molecular complexity index is 700. The Morgan fingerprint density at radius 2 is 1.79 bits per heavy atom. The maximum atomic E-state index is 12.5. The third-order valence-electron chi connectivity index (χ3n) is 5.84. The highest BCUT2D eigenvalue weighted by Crippen LogP contribution is 2.25. The van der Waals surface area contributed by atoms with E-state index in [1.165, 1.54) is 0 Å². The molecule has 3 N–H and O–H groups in total. The van der Waals surface area contributed by atoms with Crippen molar-refractivity contribution in [1.29, 1.82) is 0 Å². The van der Waals surface area contributed by atoms with E-state index < -0.39 is 0 Å². The molecule has 0 bridgehead atoms. The number of urea groups is 1. The zero-order chi connectivity index (χ0) is 20.8. The van der Waals surface area contributed by atoms with E-state index in [0.29, 0.717) is 0 Å². The first-order valence-corrected chi connectivity index (χ1v) is 11.0. The minimum Gasteiger partial charge on any atom is -0.356 e. The van der Waals surface area contributed by atoms with Gasteiger partial charge < -0.3 is 20.9 Å². The summed E-state index contributed by atoms with van der Waals surface area (Å²) in [4.78, 5) is 31.6. The van der Waals surface area contributed by atoms with E-state index in [9.17, 15) is 9.59 Å². The maximum absolute atomic E-state index is 12.5. The summed E-state index contributed by atoms with van der Waals surface area (Å²) >= 11 is 0.